The Morgan fingerprint density at radius 1 is 1.12 bits per heavy atom. The van der Waals surface area contributed by atoms with Crippen molar-refractivity contribution in [1.29, 1.82) is 0 Å². The molecule has 1 aromatic heterocycles. The van der Waals surface area contributed by atoms with E-state index in [4.69, 9.17) is 26.0 Å². The van der Waals surface area contributed by atoms with E-state index in [0.29, 0.717) is 36.9 Å². The molecule has 0 radical (unpaired) electrons. The van der Waals surface area contributed by atoms with Gasteiger partial charge in [0.15, 0.2) is 0 Å². The first kappa shape index (κ1) is 28.9. The third-order valence-electron chi connectivity index (χ3n) is 6.71. The van der Waals surface area contributed by atoms with Crippen LogP contribution < -0.4 is 20.9 Å². The van der Waals surface area contributed by atoms with Gasteiger partial charge in [-0.3, -0.25) is 4.79 Å². The minimum absolute atomic E-state index is 0.0500. The summed E-state index contributed by atoms with van der Waals surface area (Å²) in [6.45, 7) is 1.85. The molecule has 0 spiro atoms. The Bertz CT molecular complexity index is 1370. The first-order valence-electron chi connectivity index (χ1n) is 12.9. The number of carbonyl (C=O) groups is 1. The van der Waals surface area contributed by atoms with Gasteiger partial charge in [-0.25, -0.2) is 4.98 Å². The van der Waals surface area contributed by atoms with E-state index in [1.54, 1.807) is 19.1 Å². The lowest BCUT2D eigenvalue weighted by Crippen LogP contribution is -2.32. The van der Waals surface area contributed by atoms with Crippen molar-refractivity contribution in [1.82, 2.24) is 9.97 Å². The van der Waals surface area contributed by atoms with Gasteiger partial charge in [0.1, 0.15) is 11.8 Å². The second-order valence-corrected chi connectivity index (χ2v) is 9.59. The number of anilines is 1. The molecular weight excluding hydrogens is 525 g/mol. The number of rotatable bonds is 10. The largest absolute Gasteiger partial charge is 0.493 e. The highest BCUT2D eigenvalue weighted by atomic mass is 19.4. The highest BCUT2D eigenvalue weighted by molar-refractivity contribution is 5.73. The number of benzene rings is 2. The number of aromatic nitrogens is 2. The number of nitrogens with zero attached hydrogens (tertiary/aromatic N) is 2. The molecule has 0 amide bonds. The van der Waals surface area contributed by atoms with Crippen molar-refractivity contribution in [2.75, 3.05) is 12.3 Å². The number of carboxylic acid groups (broad SMARTS) is 1. The SMILES string of the molecule is CCOc1cc(-c2ccccc2)ccc1C(Oc1cc(C2=CCC(CC(N)C(=O)O)CC2)nc(N)n1)C(F)(F)F. The van der Waals surface area contributed by atoms with Crippen LogP contribution in [0.1, 0.15) is 50.0 Å². The van der Waals surface area contributed by atoms with Gasteiger partial charge in [0, 0.05) is 11.6 Å². The number of halogens is 3. The van der Waals surface area contributed by atoms with E-state index in [0.717, 1.165) is 11.1 Å². The Labute approximate surface area is 229 Å². The standard InChI is InChI=1S/C29H31F3N4O4/c1-2-39-24-15-20(18-6-4-3-5-7-18)12-13-21(24)26(29(30,31)32)40-25-16-23(35-28(34)36-25)19-10-8-17(9-11-19)14-22(33)27(37)38/h3-7,10,12-13,15-17,22,26H,2,8-9,11,14,33H2,1H3,(H,37,38)(H2,34,35,36). The van der Waals surface area contributed by atoms with Crippen LogP contribution in [0.15, 0.2) is 60.7 Å². The Hall–Kier alpha value is -4.12. The number of hydrogen-bond acceptors (Lipinski definition) is 7. The van der Waals surface area contributed by atoms with Crippen molar-refractivity contribution in [3.8, 4) is 22.8 Å². The Morgan fingerprint density at radius 2 is 1.88 bits per heavy atom. The van der Waals surface area contributed by atoms with Gasteiger partial charge in [-0.2, -0.15) is 18.2 Å². The van der Waals surface area contributed by atoms with Gasteiger partial charge < -0.3 is 26.0 Å². The molecular formula is C29H31F3N4O4. The zero-order chi connectivity index (χ0) is 28.9. The molecule has 2 aromatic carbocycles. The molecule has 1 aliphatic rings. The number of allylic oxidation sites excluding steroid dienone is 2. The average Bonchev–Trinajstić information content (AvgIpc) is 2.92. The maximum atomic E-state index is 14.4. The van der Waals surface area contributed by atoms with Crippen LogP contribution >= 0.6 is 0 Å². The van der Waals surface area contributed by atoms with E-state index in [9.17, 15) is 18.0 Å². The quantitative estimate of drug-likeness (QED) is 0.286. The third-order valence-corrected chi connectivity index (χ3v) is 6.71. The topological polar surface area (TPSA) is 134 Å². The van der Waals surface area contributed by atoms with Crippen molar-refractivity contribution in [3.05, 3.63) is 71.9 Å². The van der Waals surface area contributed by atoms with Crippen molar-refractivity contribution in [2.45, 2.75) is 50.9 Å². The predicted molar refractivity (Wildman–Crippen MR) is 144 cm³/mol. The summed E-state index contributed by atoms with van der Waals surface area (Å²) in [6, 6.07) is 14.2. The van der Waals surface area contributed by atoms with Crippen LogP contribution in [-0.2, 0) is 4.79 Å². The zero-order valence-electron chi connectivity index (χ0n) is 21.9. The van der Waals surface area contributed by atoms with E-state index in [-0.39, 0.29) is 35.7 Å². The van der Waals surface area contributed by atoms with E-state index in [1.165, 1.54) is 12.1 Å². The summed E-state index contributed by atoms with van der Waals surface area (Å²) in [4.78, 5) is 19.2. The Kier molecular flexibility index (Phi) is 8.93. The Balaban J connectivity index is 1.61. The molecule has 3 aromatic rings. The molecule has 40 heavy (non-hydrogen) atoms. The fourth-order valence-electron chi connectivity index (χ4n) is 4.73. The van der Waals surface area contributed by atoms with Gasteiger partial charge in [-0.05, 0) is 61.3 Å². The second kappa shape index (κ2) is 12.4. The van der Waals surface area contributed by atoms with Crippen LogP contribution in [0.2, 0.25) is 0 Å². The molecule has 0 saturated carbocycles. The lowest BCUT2D eigenvalue weighted by Gasteiger charge is -2.25. The second-order valence-electron chi connectivity index (χ2n) is 9.59. The van der Waals surface area contributed by atoms with Crippen LogP contribution in [0.25, 0.3) is 16.7 Å². The predicted octanol–water partition coefficient (Wildman–Crippen LogP) is 5.79. The van der Waals surface area contributed by atoms with Crippen LogP contribution in [0, 0.1) is 5.92 Å². The smallest absolute Gasteiger partial charge is 0.429 e. The number of nitrogen functional groups attached to an aromatic ring is 1. The van der Waals surface area contributed by atoms with E-state index in [1.807, 2.05) is 36.4 Å². The summed E-state index contributed by atoms with van der Waals surface area (Å²) in [6.07, 6.45) is -3.20. The van der Waals surface area contributed by atoms with Crippen LogP contribution in [0.4, 0.5) is 19.1 Å². The summed E-state index contributed by atoms with van der Waals surface area (Å²) >= 11 is 0. The van der Waals surface area contributed by atoms with Crippen molar-refractivity contribution in [3.63, 3.8) is 0 Å². The molecule has 0 saturated heterocycles. The molecule has 3 atom stereocenters. The van der Waals surface area contributed by atoms with E-state index >= 15 is 0 Å². The normalized spacial score (nSPS) is 17.0. The molecule has 212 valence electrons. The molecule has 11 heteroatoms. The van der Waals surface area contributed by atoms with Crippen LogP contribution in [0.3, 0.4) is 0 Å². The first-order chi connectivity index (χ1) is 19.0. The van der Waals surface area contributed by atoms with Gasteiger partial charge in [0.25, 0.3) is 0 Å². The Morgan fingerprint density at radius 3 is 2.50 bits per heavy atom. The van der Waals surface area contributed by atoms with Crippen molar-refractivity contribution < 1.29 is 32.5 Å². The molecule has 0 aliphatic heterocycles. The highest BCUT2D eigenvalue weighted by Gasteiger charge is 2.45. The van der Waals surface area contributed by atoms with Gasteiger partial charge in [0.2, 0.25) is 17.9 Å². The molecule has 1 aliphatic carbocycles. The van der Waals surface area contributed by atoms with Crippen molar-refractivity contribution >= 4 is 17.5 Å². The van der Waals surface area contributed by atoms with Crippen LogP contribution in [0.5, 0.6) is 11.6 Å². The molecule has 3 unspecified atom stereocenters. The van der Waals surface area contributed by atoms with E-state index in [2.05, 4.69) is 9.97 Å². The fraction of sp³-hybridized carbons (Fsp3) is 0.345. The van der Waals surface area contributed by atoms with Gasteiger partial charge >= 0.3 is 12.1 Å². The maximum Gasteiger partial charge on any atom is 0.429 e. The number of nitrogens with two attached hydrogens (primary N) is 2. The first-order valence-corrected chi connectivity index (χ1v) is 12.9. The maximum absolute atomic E-state index is 14.4. The van der Waals surface area contributed by atoms with Crippen LogP contribution in [-0.4, -0.2) is 39.9 Å². The molecule has 8 nitrogen and oxygen atoms in total. The summed E-state index contributed by atoms with van der Waals surface area (Å²) in [5.74, 6) is -1.48. The third kappa shape index (κ3) is 7.09. The lowest BCUT2D eigenvalue weighted by atomic mass is 9.84. The zero-order valence-corrected chi connectivity index (χ0v) is 21.9. The van der Waals surface area contributed by atoms with Gasteiger partial charge in [-0.1, -0.05) is 48.5 Å². The molecule has 4 rings (SSSR count). The number of aliphatic carboxylic acids is 1. The minimum atomic E-state index is -4.79. The summed E-state index contributed by atoms with van der Waals surface area (Å²) in [5, 5.41) is 9.05. The molecule has 1 heterocycles. The molecule has 0 bridgehead atoms. The number of alkyl halides is 3. The summed E-state index contributed by atoms with van der Waals surface area (Å²) < 4.78 is 54.2. The number of hydrogen-bond donors (Lipinski definition) is 3. The number of ether oxygens (including phenoxy) is 2. The van der Waals surface area contributed by atoms with E-state index < -0.39 is 24.3 Å². The molecule has 5 N–H and O–H groups in total. The van der Waals surface area contributed by atoms with Gasteiger partial charge in [-0.15, -0.1) is 0 Å². The summed E-state index contributed by atoms with van der Waals surface area (Å²) in [7, 11) is 0. The van der Waals surface area contributed by atoms with Gasteiger partial charge in [0.05, 0.1) is 12.3 Å². The highest BCUT2D eigenvalue weighted by Crippen LogP contribution is 2.42. The van der Waals surface area contributed by atoms with Crippen molar-refractivity contribution in [2.24, 2.45) is 11.7 Å². The average molecular weight is 557 g/mol. The molecule has 0 fully saturated rings. The fourth-order valence-corrected chi connectivity index (χ4v) is 4.73. The lowest BCUT2D eigenvalue weighted by molar-refractivity contribution is -0.199. The minimum Gasteiger partial charge on any atom is -0.493 e. The number of carboxylic acids is 1. The monoisotopic (exact) mass is 556 g/mol. The summed E-state index contributed by atoms with van der Waals surface area (Å²) in [5.41, 5.74) is 14.0.